The van der Waals surface area contributed by atoms with Crippen molar-refractivity contribution in [1.82, 2.24) is 13.7 Å². The molecule has 5 heteroatoms. The van der Waals surface area contributed by atoms with Gasteiger partial charge < -0.3 is 4.57 Å². The summed E-state index contributed by atoms with van der Waals surface area (Å²) in [6, 6.07) is 41.2. The summed E-state index contributed by atoms with van der Waals surface area (Å²) in [6.45, 7) is 27.0. The molecule has 0 amide bonds. The van der Waals surface area contributed by atoms with E-state index in [4.69, 9.17) is 4.99 Å². The molecule has 0 saturated carbocycles. The Kier molecular flexibility index (Phi) is 11.8. The van der Waals surface area contributed by atoms with Crippen LogP contribution in [-0.4, -0.2) is 26.3 Å². The van der Waals surface area contributed by atoms with Crippen LogP contribution in [0.25, 0.3) is 115 Å². The molecule has 66 heavy (non-hydrogen) atoms. The van der Waals surface area contributed by atoms with Gasteiger partial charge in [0.2, 0.25) is 0 Å². The van der Waals surface area contributed by atoms with E-state index in [0.29, 0.717) is 11.7 Å². The fourth-order valence-electron chi connectivity index (χ4n) is 9.61. The molecule has 0 N–H and O–H groups in total. The topological polar surface area (TPSA) is 39.5 Å². The fraction of sp³-hybridized carbons (Fsp3) is 0.0492. The van der Waals surface area contributed by atoms with Gasteiger partial charge in [0, 0.05) is 50.1 Å². The fourth-order valence-corrected chi connectivity index (χ4v) is 9.61. The standard InChI is InChI=1S/C61H51N5/c1-9-23-45-46-27-15-16-28-47(46)53-39-42(64-57-32-20-18-30-51(57)52-31-19-21-33-58(52)64)35-36-48(53)49(45)37-38-63-61(66-56(26-12-4)44(14-6)50-29-17-22-34-59(50)66)40-60(62-8)65-54(24-10-2)41(7)43(13-5)55(65)25-11-3/h9-40H,2,4-5,7-8H2,1,3,6H3/b23-9+,25-11-,38-37-,44-14-,54-24+,56-26+,60-40+,63-61+. The number of allylic oxidation sites excluding steroid dienone is 5. The second kappa shape index (κ2) is 18.3. The molecule has 0 saturated heterocycles. The van der Waals surface area contributed by atoms with Crippen molar-refractivity contribution < 1.29 is 0 Å². The number of aromatic nitrogens is 3. The molecule has 3 heterocycles. The highest BCUT2D eigenvalue weighted by atomic mass is 15.1. The molecule has 0 atom stereocenters. The normalized spacial score (nSPS) is 13.7. The van der Waals surface area contributed by atoms with Gasteiger partial charge in [-0.05, 0) is 115 Å². The number of aliphatic imine (C=N–C) groups is 2. The zero-order valence-electron chi connectivity index (χ0n) is 37.7. The van der Waals surface area contributed by atoms with Crippen LogP contribution in [0.2, 0.25) is 0 Å². The van der Waals surface area contributed by atoms with E-state index in [1.165, 1.54) is 27.2 Å². The van der Waals surface area contributed by atoms with E-state index in [-0.39, 0.29) is 0 Å². The summed E-state index contributed by atoms with van der Waals surface area (Å²) in [5.41, 5.74) is 8.37. The maximum absolute atomic E-state index is 5.40. The van der Waals surface area contributed by atoms with E-state index >= 15 is 0 Å². The summed E-state index contributed by atoms with van der Waals surface area (Å²) >= 11 is 0. The van der Waals surface area contributed by atoms with Gasteiger partial charge in [0.05, 0.1) is 32.9 Å². The van der Waals surface area contributed by atoms with Crippen molar-refractivity contribution >= 4 is 122 Å². The van der Waals surface area contributed by atoms with E-state index in [1.54, 1.807) is 6.08 Å². The van der Waals surface area contributed by atoms with Crippen LogP contribution in [0.4, 0.5) is 0 Å². The van der Waals surface area contributed by atoms with Gasteiger partial charge in [0.15, 0.2) is 0 Å². The molecule has 0 bridgehead atoms. The third kappa shape index (κ3) is 7.08. The van der Waals surface area contributed by atoms with Crippen LogP contribution in [-0.2, 0) is 0 Å². The second-order valence-electron chi connectivity index (χ2n) is 15.9. The van der Waals surface area contributed by atoms with Gasteiger partial charge in [-0.1, -0.05) is 154 Å². The molecule has 9 rings (SSSR count). The molecule has 9 aromatic rings. The highest BCUT2D eigenvalue weighted by Gasteiger charge is 2.18. The quantitative estimate of drug-likeness (QED) is 0.0706. The maximum Gasteiger partial charge on any atom is 0.141 e. The van der Waals surface area contributed by atoms with E-state index in [0.717, 1.165) is 76.3 Å². The first kappa shape index (κ1) is 42.7. The van der Waals surface area contributed by atoms with Gasteiger partial charge in [-0.15, -0.1) is 0 Å². The molecule has 0 aliphatic heterocycles. The maximum atomic E-state index is 5.40. The molecule has 0 aliphatic rings. The lowest BCUT2D eigenvalue weighted by Gasteiger charge is -2.16. The third-order valence-electron chi connectivity index (χ3n) is 12.3. The highest BCUT2D eigenvalue weighted by Crippen LogP contribution is 2.38. The number of rotatable bonds is 11. The van der Waals surface area contributed by atoms with Crippen LogP contribution in [0.15, 0.2) is 182 Å². The molecule has 0 unspecified atom stereocenters. The SMILES string of the molecule is C=C/C=c1\c(=C)c(C=C)c(/C=C\C)n1/C(=C/C(=N\C=C/c1c(/C=C/C)c2ccccc2c2cc(-n3c4ccccc4c4ccccc43)ccc12)n1c(=C/C=C)/c(=C\C)c2ccccc21)N=C. The Morgan fingerprint density at radius 2 is 1.14 bits per heavy atom. The Hall–Kier alpha value is -8.54. The van der Waals surface area contributed by atoms with E-state index in [1.807, 2.05) is 60.2 Å². The number of nitrogens with zero attached hydrogens (tertiary/aromatic N) is 5. The lowest BCUT2D eigenvalue weighted by atomic mass is 9.91. The first-order valence-electron chi connectivity index (χ1n) is 22.2. The van der Waals surface area contributed by atoms with Crippen LogP contribution >= 0.6 is 0 Å². The number of para-hydroxylation sites is 3. The van der Waals surface area contributed by atoms with E-state index in [9.17, 15) is 0 Å². The summed E-state index contributed by atoms with van der Waals surface area (Å²) < 4.78 is 6.59. The number of hydrogen-bond donors (Lipinski definition) is 0. The van der Waals surface area contributed by atoms with Crippen LogP contribution in [0.5, 0.6) is 0 Å². The summed E-state index contributed by atoms with van der Waals surface area (Å²) in [7, 11) is 0. The summed E-state index contributed by atoms with van der Waals surface area (Å²) in [5.74, 6) is 1.17. The lowest BCUT2D eigenvalue weighted by Crippen LogP contribution is -2.33. The van der Waals surface area contributed by atoms with Crippen LogP contribution in [0, 0.1) is 0 Å². The minimum Gasteiger partial charge on any atom is -0.309 e. The highest BCUT2D eigenvalue weighted by molar-refractivity contribution is 6.16. The van der Waals surface area contributed by atoms with Crippen molar-refractivity contribution in [3.05, 3.63) is 215 Å². The largest absolute Gasteiger partial charge is 0.309 e. The smallest absolute Gasteiger partial charge is 0.141 e. The second-order valence-corrected chi connectivity index (χ2v) is 15.9. The average Bonchev–Trinajstić information content (AvgIpc) is 3.95. The Labute approximate surface area is 385 Å². The molecule has 6 aromatic carbocycles. The van der Waals surface area contributed by atoms with Crippen LogP contribution < -0.4 is 21.1 Å². The predicted molar refractivity (Wildman–Crippen MR) is 291 cm³/mol. The Morgan fingerprint density at radius 3 is 1.76 bits per heavy atom. The van der Waals surface area contributed by atoms with Gasteiger partial charge in [0.1, 0.15) is 11.7 Å². The number of fused-ring (bicyclic) bond motifs is 7. The molecule has 320 valence electrons. The molecule has 0 fully saturated rings. The molecular formula is C61H51N5. The van der Waals surface area contributed by atoms with Gasteiger partial charge in [-0.3, -0.25) is 9.13 Å². The third-order valence-corrected chi connectivity index (χ3v) is 12.3. The van der Waals surface area contributed by atoms with Crippen molar-refractivity contribution in [1.29, 1.82) is 0 Å². The Balaban J connectivity index is 1.35. The van der Waals surface area contributed by atoms with Crippen molar-refractivity contribution in [2.75, 3.05) is 0 Å². The van der Waals surface area contributed by atoms with Crippen molar-refractivity contribution in [3.8, 4) is 5.69 Å². The summed E-state index contributed by atoms with van der Waals surface area (Å²) in [5, 5.41) is 11.8. The van der Waals surface area contributed by atoms with Crippen molar-refractivity contribution in [2.24, 2.45) is 9.98 Å². The van der Waals surface area contributed by atoms with E-state index in [2.05, 4.69) is 201 Å². The average molecular weight is 854 g/mol. The molecular weight excluding hydrogens is 803 g/mol. The summed E-state index contributed by atoms with van der Waals surface area (Å²) in [6.07, 6.45) is 25.9. The van der Waals surface area contributed by atoms with E-state index < -0.39 is 0 Å². The van der Waals surface area contributed by atoms with Gasteiger partial charge in [-0.2, -0.15) is 0 Å². The predicted octanol–water partition coefficient (Wildman–Crippen LogP) is 12.8. The Bertz CT molecular complexity index is 3830. The van der Waals surface area contributed by atoms with Crippen molar-refractivity contribution in [2.45, 2.75) is 20.8 Å². The van der Waals surface area contributed by atoms with Crippen LogP contribution in [0.3, 0.4) is 0 Å². The summed E-state index contributed by atoms with van der Waals surface area (Å²) in [4.78, 5) is 10.1. The molecule has 5 nitrogen and oxygen atoms in total. The molecule has 0 spiro atoms. The van der Waals surface area contributed by atoms with Crippen molar-refractivity contribution in [3.63, 3.8) is 0 Å². The minimum absolute atomic E-state index is 0.550. The Morgan fingerprint density at radius 1 is 0.561 bits per heavy atom. The lowest BCUT2D eigenvalue weighted by molar-refractivity contribution is 1.02. The minimum atomic E-state index is 0.550. The molecule has 3 aromatic heterocycles. The number of benzene rings is 6. The first-order chi connectivity index (χ1) is 32.4. The zero-order valence-corrected chi connectivity index (χ0v) is 37.7. The monoisotopic (exact) mass is 853 g/mol. The first-order valence-corrected chi connectivity index (χ1v) is 22.2. The molecule has 0 radical (unpaired) electrons. The van der Waals surface area contributed by atoms with Gasteiger partial charge in [0.25, 0.3) is 0 Å². The number of hydrogen-bond acceptors (Lipinski definition) is 2. The van der Waals surface area contributed by atoms with Crippen LogP contribution in [0.1, 0.15) is 43.2 Å². The van der Waals surface area contributed by atoms with Gasteiger partial charge >= 0.3 is 0 Å². The molecule has 0 aliphatic carbocycles. The zero-order chi connectivity index (χ0) is 45.9. The van der Waals surface area contributed by atoms with Gasteiger partial charge in [-0.25, -0.2) is 9.98 Å².